The minimum Gasteiger partial charge on any atom is -0.356 e. The first-order chi connectivity index (χ1) is 12.7. The van der Waals surface area contributed by atoms with Crippen molar-refractivity contribution < 1.29 is 4.52 Å². The van der Waals surface area contributed by atoms with E-state index < -0.39 is 0 Å². The predicted octanol–water partition coefficient (Wildman–Crippen LogP) is 2.38. The largest absolute Gasteiger partial charge is 0.356 e. The summed E-state index contributed by atoms with van der Waals surface area (Å²) in [5, 5.41) is 7.33. The molecule has 3 rings (SSSR count). The van der Waals surface area contributed by atoms with Gasteiger partial charge in [0.05, 0.1) is 6.54 Å². The molecule has 0 fully saturated rings. The van der Waals surface area contributed by atoms with E-state index in [0.717, 1.165) is 5.96 Å². The Morgan fingerprint density at radius 1 is 1.12 bits per heavy atom. The highest BCUT2D eigenvalue weighted by atomic mass is 16.5. The summed E-state index contributed by atoms with van der Waals surface area (Å²) in [6.07, 6.45) is 2.34. The monoisotopic (exact) mass is 350 g/mol. The molecular weight excluding hydrogens is 328 g/mol. The Hall–Kier alpha value is -3.22. The zero-order chi connectivity index (χ0) is 18.2. The van der Waals surface area contributed by atoms with Crippen LogP contribution in [0.4, 0.5) is 0 Å². The van der Waals surface area contributed by atoms with E-state index in [2.05, 4.69) is 37.6 Å². The van der Waals surface area contributed by atoms with E-state index in [9.17, 15) is 0 Å². The van der Waals surface area contributed by atoms with Crippen LogP contribution in [0.15, 0.2) is 64.2 Å². The maximum Gasteiger partial charge on any atom is 0.276 e. The molecule has 0 aliphatic carbocycles. The molecule has 0 aliphatic rings. The molecule has 0 saturated carbocycles. The van der Waals surface area contributed by atoms with Crippen molar-refractivity contribution in [1.29, 1.82) is 0 Å². The van der Waals surface area contributed by atoms with Gasteiger partial charge in [-0.05, 0) is 17.7 Å². The molecule has 7 heteroatoms. The second-order valence-corrected chi connectivity index (χ2v) is 5.93. The summed E-state index contributed by atoms with van der Waals surface area (Å²) in [4.78, 5) is 15.2. The van der Waals surface area contributed by atoms with E-state index in [1.165, 1.54) is 5.56 Å². The van der Waals surface area contributed by atoms with Gasteiger partial charge in [0.1, 0.15) is 5.69 Å². The lowest BCUT2D eigenvalue weighted by Crippen LogP contribution is -2.37. The molecule has 26 heavy (non-hydrogen) atoms. The molecule has 1 N–H and O–H groups in total. The van der Waals surface area contributed by atoms with E-state index in [-0.39, 0.29) is 0 Å². The van der Waals surface area contributed by atoms with Crippen LogP contribution in [0.5, 0.6) is 0 Å². The molecule has 0 saturated heterocycles. The second-order valence-electron chi connectivity index (χ2n) is 5.93. The highest BCUT2D eigenvalue weighted by molar-refractivity contribution is 5.79. The van der Waals surface area contributed by atoms with E-state index >= 15 is 0 Å². The van der Waals surface area contributed by atoms with Gasteiger partial charge in [0.15, 0.2) is 11.8 Å². The van der Waals surface area contributed by atoms with Crippen molar-refractivity contribution >= 4 is 5.96 Å². The fourth-order valence-electron chi connectivity index (χ4n) is 2.34. The quantitative estimate of drug-likeness (QED) is 0.543. The van der Waals surface area contributed by atoms with Gasteiger partial charge in [-0.3, -0.25) is 4.98 Å². The van der Waals surface area contributed by atoms with Crippen molar-refractivity contribution in [3.8, 4) is 11.6 Å². The number of benzene rings is 1. The highest BCUT2D eigenvalue weighted by Crippen LogP contribution is 2.13. The molecule has 0 spiro atoms. The Morgan fingerprint density at radius 2 is 1.92 bits per heavy atom. The van der Waals surface area contributed by atoms with Crippen molar-refractivity contribution in [1.82, 2.24) is 25.3 Å². The minimum absolute atomic E-state index is 0.436. The molecule has 0 atom stereocenters. The molecule has 3 aromatic rings. The van der Waals surface area contributed by atoms with Crippen LogP contribution in [-0.2, 0) is 13.0 Å². The third-order valence-electron chi connectivity index (χ3n) is 3.66. The van der Waals surface area contributed by atoms with Gasteiger partial charge < -0.3 is 14.7 Å². The first kappa shape index (κ1) is 17.6. The summed E-state index contributed by atoms with van der Waals surface area (Å²) in [5.41, 5.74) is 1.85. The van der Waals surface area contributed by atoms with E-state index in [1.54, 1.807) is 6.20 Å². The average molecular weight is 350 g/mol. The van der Waals surface area contributed by atoms with Crippen molar-refractivity contribution in [2.45, 2.75) is 13.0 Å². The van der Waals surface area contributed by atoms with Gasteiger partial charge in [-0.25, -0.2) is 4.99 Å². The van der Waals surface area contributed by atoms with Crippen LogP contribution in [0.1, 0.15) is 11.4 Å². The number of aliphatic imine (C=N–C) groups is 1. The van der Waals surface area contributed by atoms with Gasteiger partial charge in [0, 0.05) is 33.3 Å². The van der Waals surface area contributed by atoms with Crippen molar-refractivity contribution in [2.75, 3.05) is 20.6 Å². The van der Waals surface area contributed by atoms with Crippen molar-refractivity contribution in [2.24, 2.45) is 4.99 Å². The van der Waals surface area contributed by atoms with Gasteiger partial charge >= 0.3 is 0 Å². The number of hydrogen-bond acceptors (Lipinski definition) is 5. The Bertz CT molecular complexity index is 830. The molecule has 0 amide bonds. The summed E-state index contributed by atoms with van der Waals surface area (Å²) in [7, 11) is 3.93. The lowest BCUT2D eigenvalue weighted by Gasteiger charge is -2.17. The first-order valence-corrected chi connectivity index (χ1v) is 8.46. The molecule has 0 aliphatic heterocycles. The van der Waals surface area contributed by atoms with Gasteiger partial charge in [-0.15, -0.1) is 0 Å². The molecule has 0 bridgehead atoms. The van der Waals surface area contributed by atoms with Crippen molar-refractivity contribution in [3.05, 3.63) is 66.1 Å². The first-order valence-electron chi connectivity index (χ1n) is 8.46. The fraction of sp³-hybridized carbons (Fsp3) is 0.263. The Labute approximate surface area is 152 Å². The summed E-state index contributed by atoms with van der Waals surface area (Å²) < 4.78 is 5.27. The smallest absolute Gasteiger partial charge is 0.276 e. The van der Waals surface area contributed by atoms with Crippen LogP contribution in [0.2, 0.25) is 0 Å². The fourth-order valence-corrected chi connectivity index (χ4v) is 2.34. The Balaban J connectivity index is 1.54. The van der Waals surface area contributed by atoms with Crippen LogP contribution in [0, 0.1) is 0 Å². The molecule has 134 valence electrons. The molecular formula is C19H22N6O. The standard InChI is InChI=1S/C19H22N6O/c1-25(2)19(22-14-15-8-4-3-5-9-15)21-13-11-17-23-18(26-24-17)16-10-6-7-12-20-16/h3-10,12H,11,13-14H2,1-2H3,(H,21,22). The number of hydrogen-bond donors (Lipinski definition) is 1. The second kappa shape index (κ2) is 8.75. The minimum atomic E-state index is 0.436. The average Bonchev–Trinajstić information content (AvgIpc) is 3.15. The van der Waals surface area contributed by atoms with Gasteiger partial charge in [0.25, 0.3) is 5.89 Å². The molecule has 2 heterocycles. The van der Waals surface area contributed by atoms with Gasteiger partial charge in [-0.2, -0.15) is 4.98 Å². The number of pyridine rings is 1. The van der Waals surface area contributed by atoms with Crippen LogP contribution < -0.4 is 5.32 Å². The van der Waals surface area contributed by atoms with Crippen molar-refractivity contribution in [3.63, 3.8) is 0 Å². The summed E-state index contributed by atoms with van der Waals surface area (Å²) in [6.45, 7) is 1.29. The maximum absolute atomic E-state index is 5.27. The SMILES string of the molecule is CN(C)C(=NCc1ccccc1)NCCc1noc(-c2ccccn2)n1. The van der Waals surface area contributed by atoms with Crippen LogP contribution in [0.25, 0.3) is 11.6 Å². The molecule has 2 aromatic heterocycles. The predicted molar refractivity (Wildman–Crippen MR) is 101 cm³/mol. The van der Waals surface area contributed by atoms with E-state index in [0.29, 0.717) is 36.9 Å². The molecule has 7 nitrogen and oxygen atoms in total. The lowest BCUT2D eigenvalue weighted by atomic mass is 10.2. The summed E-state index contributed by atoms with van der Waals surface area (Å²) >= 11 is 0. The lowest BCUT2D eigenvalue weighted by molar-refractivity contribution is 0.421. The summed E-state index contributed by atoms with van der Waals surface area (Å²) in [5.74, 6) is 1.90. The van der Waals surface area contributed by atoms with Gasteiger partial charge in [0.2, 0.25) is 0 Å². The maximum atomic E-state index is 5.27. The van der Waals surface area contributed by atoms with E-state index in [1.807, 2.05) is 55.4 Å². The third-order valence-corrected chi connectivity index (χ3v) is 3.66. The van der Waals surface area contributed by atoms with Gasteiger partial charge in [-0.1, -0.05) is 41.6 Å². The zero-order valence-corrected chi connectivity index (χ0v) is 15.0. The third kappa shape index (κ3) is 4.89. The molecule has 0 unspecified atom stereocenters. The number of guanidine groups is 1. The Kier molecular flexibility index (Phi) is 5.92. The van der Waals surface area contributed by atoms with E-state index in [4.69, 9.17) is 4.52 Å². The molecule has 1 aromatic carbocycles. The van der Waals surface area contributed by atoms with Crippen LogP contribution in [0.3, 0.4) is 0 Å². The normalized spacial score (nSPS) is 11.4. The van der Waals surface area contributed by atoms with Crippen LogP contribution in [-0.4, -0.2) is 46.6 Å². The topological polar surface area (TPSA) is 79.4 Å². The summed E-state index contributed by atoms with van der Waals surface area (Å²) in [6, 6.07) is 15.7. The number of rotatable bonds is 6. The number of aromatic nitrogens is 3. The highest BCUT2D eigenvalue weighted by Gasteiger charge is 2.10. The van der Waals surface area contributed by atoms with Crippen LogP contribution >= 0.6 is 0 Å². The number of nitrogens with zero attached hydrogens (tertiary/aromatic N) is 5. The zero-order valence-electron chi connectivity index (χ0n) is 15.0. The number of nitrogens with one attached hydrogen (secondary N) is 1. The Morgan fingerprint density at radius 3 is 2.65 bits per heavy atom. The molecule has 0 radical (unpaired) electrons.